The van der Waals surface area contributed by atoms with Gasteiger partial charge in [-0.3, -0.25) is 0 Å². The van der Waals surface area contributed by atoms with Crippen LogP contribution in [0.15, 0.2) is 60.7 Å². The summed E-state index contributed by atoms with van der Waals surface area (Å²) in [4.78, 5) is 0. The Balaban J connectivity index is 0.00000115. The average molecular weight is 268 g/mol. The fourth-order valence-corrected chi connectivity index (χ4v) is 3.46. The molecule has 0 spiro atoms. The first-order valence-corrected chi connectivity index (χ1v) is 6.97. The van der Waals surface area contributed by atoms with Gasteiger partial charge in [-0.2, -0.15) is 0 Å². The largest absolute Gasteiger partial charge is 0.0616 e. The smallest absolute Gasteiger partial charge is 0 e. The molecule has 5 rings (SSSR count). The third-order valence-electron chi connectivity index (χ3n) is 4.39. The molecule has 1 heteroatoms. The van der Waals surface area contributed by atoms with Crippen LogP contribution in [0.4, 0.5) is 0 Å². The van der Waals surface area contributed by atoms with E-state index in [0.717, 1.165) is 0 Å². The molecule has 0 saturated carbocycles. The van der Waals surface area contributed by atoms with Gasteiger partial charge in [0, 0.05) is 5.48 Å². The van der Waals surface area contributed by atoms with Gasteiger partial charge in [-0.05, 0) is 56.0 Å². The molecule has 0 aromatic heterocycles. The van der Waals surface area contributed by atoms with Crippen LogP contribution < -0.4 is 10.4 Å². The van der Waals surface area contributed by atoms with Crippen LogP contribution in [0.5, 0.6) is 0 Å². The predicted molar refractivity (Wildman–Crippen MR) is 84.4 cm³/mol. The Labute approximate surface area is 122 Å². The first-order chi connectivity index (χ1) is 9.92. The fraction of sp³-hybridized carbons (Fsp3) is 0. The lowest BCUT2D eigenvalue weighted by molar-refractivity contribution is 0.686. The number of fused-ring (bicyclic) bond motifs is 7. The van der Waals surface area contributed by atoms with Crippen molar-refractivity contribution in [3.63, 3.8) is 0 Å². The monoisotopic (exact) mass is 268 g/mol. The van der Waals surface area contributed by atoms with Crippen molar-refractivity contribution < 1.29 is 5.48 Å². The summed E-state index contributed by atoms with van der Waals surface area (Å²) in [5.41, 5.74) is 8.11. The zero-order valence-electron chi connectivity index (χ0n) is 11.3. The van der Waals surface area contributed by atoms with Crippen LogP contribution in [-0.4, -0.2) is 0 Å². The van der Waals surface area contributed by atoms with Crippen molar-refractivity contribution in [2.45, 2.75) is 0 Å². The van der Waals surface area contributed by atoms with Gasteiger partial charge < -0.3 is 0 Å². The summed E-state index contributed by atoms with van der Waals surface area (Å²) in [6.07, 6.45) is 4.65. The lowest BCUT2D eigenvalue weighted by Gasteiger charge is -2.03. The molecule has 3 aromatic carbocycles. The molecule has 2 aliphatic carbocycles. The van der Waals surface area contributed by atoms with Crippen molar-refractivity contribution in [1.29, 1.82) is 0 Å². The standard InChI is InChI=1S/C20H12.O/c1-3-7-15-13(5-1)11-19-17(15)9-10-18-16-8-4-2-6-14(16)12-20(18)19;/h1-12H;. The maximum absolute atomic E-state index is 2.33. The lowest BCUT2D eigenvalue weighted by atomic mass is 10.0. The van der Waals surface area contributed by atoms with E-state index in [1.165, 1.54) is 43.8 Å². The maximum Gasteiger partial charge on any atom is 0 e. The molecule has 0 saturated heterocycles. The van der Waals surface area contributed by atoms with Gasteiger partial charge in [0.2, 0.25) is 0 Å². The fourth-order valence-electron chi connectivity index (χ4n) is 3.46. The van der Waals surface area contributed by atoms with Gasteiger partial charge in [0.1, 0.15) is 0 Å². The van der Waals surface area contributed by atoms with Crippen LogP contribution in [0.25, 0.3) is 34.4 Å². The van der Waals surface area contributed by atoms with E-state index in [9.17, 15) is 0 Å². The number of hydrogen-bond acceptors (Lipinski definition) is 0. The second-order valence-corrected chi connectivity index (χ2v) is 5.45. The number of benzene rings is 3. The first kappa shape index (κ1) is 12.1. The second-order valence-electron chi connectivity index (χ2n) is 5.45. The van der Waals surface area contributed by atoms with Crippen molar-refractivity contribution in [2.75, 3.05) is 0 Å². The van der Waals surface area contributed by atoms with Crippen molar-refractivity contribution in [3.05, 3.63) is 82.2 Å². The van der Waals surface area contributed by atoms with Crippen molar-refractivity contribution >= 4 is 12.2 Å². The normalized spacial score (nSPS) is 12.2. The van der Waals surface area contributed by atoms with Crippen LogP contribution >= 0.6 is 0 Å². The Hall–Kier alpha value is -2.64. The minimum atomic E-state index is 0. The van der Waals surface area contributed by atoms with Crippen molar-refractivity contribution in [1.82, 2.24) is 0 Å². The highest BCUT2D eigenvalue weighted by Gasteiger charge is 2.17. The molecule has 0 unspecified atom stereocenters. The van der Waals surface area contributed by atoms with E-state index in [1.54, 1.807) is 0 Å². The minimum Gasteiger partial charge on any atom is -0.0616 e. The van der Waals surface area contributed by atoms with E-state index in [-0.39, 0.29) is 5.48 Å². The second kappa shape index (κ2) is 4.18. The molecule has 0 aliphatic heterocycles. The first-order valence-electron chi connectivity index (χ1n) is 6.97. The molecule has 0 heterocycles. The van der Waals surface area contributed by atoms with Gasteiger partial charge in [-0.15, -0.1) is 0 Å². The molecular formula is C20H12O. The molecule has 2 radical (unpaired) electrons. The van der Waals surface area contributed by atoms with Crippen molar-refractivity contribution in [2.24, 2.45) is 0 Å². The summed E-state index contributed by atoms with van der Waals surface area (Å²) < 4.78 is 0. The van der Waals surface area contributed by atoms with Crippen molar-refractivity contribution in [3.8, 4) is 22.3 Å². The van der Waals surface area contributed by atoms with Gasteiger partial charge in [0.15, 0.2) is 0 Å². The van der Waals surface area contributed by atoms with Crippen LogP contribution in [0.1, 0.15) is 11.1 Å². The van der Waals surface area contributed by atoms with E-state index in [1.807, 2.05) is 0 Å². The molecule has 98 valence electrons. The lowest BCUT2D eigenvalue weighted by Crippen LogP contribution is -2.25. The summed E-state index contributed by atoms with van der Waals surface area (Å²) >= 11 is 0. The molecule has 21 heavy (non-hydrogen) atoms. The van der Waals surface area contributed by atoms with E-state index >= 15 is 0 Å². The molecule has 0 amide bonds. The highest BCUT2D eigenvalue weighted by atomic mass is 16.0. The molecular weight excluding hydrogens is 256 g/mol. The summed E-state index contributed by atoms with van der Waals surface area (Å²) in [5.74, 6) is 0. The van der Waals surface area contributed by atoms with E-state index < -0.39 is 0 Å². The van der Waals surface area contributed by atoms with E-state index in [4.69, 9.17) is 0 Å². The van der Waals surface area contributed by atoms with Gasteiger partial charge in [-0.25, -0.2) is 0 Å². The zero-order chi connectivity index (χ0) is 13.1. The Morgan fingerprint density at radius 3 is 1.33 bits per heavy atom. The third-order valence-corrected chi connectivity index (χ3v) is 4.39. The molecule has 2 aliphatic rings. The van der Waals surface area contributed by atoms with Gasteiger partial charge >= 0.3 is 0 Å². The summed E-state index contributed by atoms with van der Waals surface area (Å²) in [5, 5.41) is 2.75. The Morgan fingerprint density at radius 1 is 0.429 bits per heavy atom. The van der Waals surface area contributed by atoms with E-state index in [0.29, 0.717) is 0 Å². The number of hydrogen-bond donors (Lipinski definition) is 0. The minimum absolute atomic E-state index is 0. The molecule has 1 nitrogen and oxygen atoms in total. The van der Waals surface area contributed by atoms with Gasteiger partial charge in [0.25, 0.3) is 0 Å². The summed E-state index contributed by atoms with van der Waals surface area (Å²) in [7, 11) is 0. The van der Waals surface area contributed by atoms with Crippen LogP contribution in [0.2, 0.25) is 0 Å². The van der Waals surface area contributed by atoms with E-state index in [2.05, 4.69) is 72.8 Å². The Morgan fingerprint density at radius 2 is 0.857 bits per heavy atom. The van der Waals surface area contributed by atoms with Gasteiger partial charge in [-0.1, -0.05) is 60.7 Å². The average Bonchev–Trinajstić information content (AvgIpc) is 3.05. The summed E-state index contributed by atoms with van der Waals surface area (Å²) in [6, 6.07) is 21.8. The highest BCUT2D eigenvalue weighted by Crippen LogP contribution is 2.30. The Kier molecular flexibility index (Phi) is 2.41. The highest BCUT2D eigenvalue weighted by molar-refractivity contribution is 5.89. The van der Waals surface area contributed by atoms with Crippen LogP contribution in [0, 0.1) is 0 Å². The van der Waals surface area contributed by atoms with Crippen LogP contribution in [0.3, 0.4) is 0 Å². The predicted octanol–water partition coefficient (Wildman–Crippen LogP) is 3.19. The molecule has 0 bridgehead atoms. The Bertz CT molecular complexity index is 914. The van der Waals surface area contributed by atoms with Gasteiger partial charge in [0.05, 0.1) is 0 Å². The maximum atomic E-state index is 2.33. The quantitative estimate of drug-likeness (QED) is 0.413. The van der Waals surface area contributed by atoms with Crippen LogP contribution in [-0.2, 0) is 5.48 Å². The SMILES string of the molecule is C1=c2c(ccc3c2=Cc2ccccc2-3)-c2ccccc21.[O]. The third kappa shape index (κ3) is 1.49. The molecule has 0 N–H and O–H groups in total. The molecule has 0 atom stereocenters. The summed E-state index contributed by atoms with van der Waals surface area (Å²) in [6.45, 7) is 0. The zero-order valence-corrected chi connectivity index (χ0v) is 11.3. The molecule has 0 fully saturated rings. The topological polar surface area (TPSA) is 28.5 Å². The number of rotatable bonds is 0. The molecule has 3 aromatic rings.